The fraction of sp³-hybridized carbons (Fsp3) is 0.778. The molecule has 1 rings (SSSR count). The van der Waals surface area contributed by atoms with Crippen molar-refractivity contribution in [1.82, 2.24) is 0 Å². The first-order valence-electron chi connectivity index (χ1n) is 4.67. The highest BCUT2D eigenvalue weighted by Crippen LogP contribution is 2.24. The minimum Gasteiger partial charge on any atom is -0.465 e. The molecule has 0 aromatic carbocycles. The van der Waals surface area contributed by atoms with E-state index in [9.17, 15) is 4.79 Å². The van der Waals surface area contributed by atoms with Crippen LogP contribution in [0.4, 0.5) is 0 Å². The van der Waals surface area contributed by atoms with Crippen LogP contribution in [0.3, 0.4) is 0 Å². The summed E-state index contributed by atoms with van der Waals surface area (Å²) >= 11 is 0. The highest BCUT2D eigenvalue weighted by molar-refractivity contribution is 5.94. The van der Waals surface area contributed by atoms with Crippen molar-refractivity contribution in [2.24, 2.45) is 11.7 Å². The Hall–Kier alpha value is -0.770. The molecule has 0 aromatic rings. The monoisotopic (exact) mass is 220 g/mol. The van der Waals surface area contributed by atoms with Crippen molar-refractivity contribution >= 4 is 24.2 Å². The first kappa shape index (κ1) is 13.2. The molecule has 1 aliphatic carbocycles. The SMILES string of the molecule is Cl.N=C(N)CC(=O)OCC1CCCC1. The second-order valence-electron chi connectivity index (χ2n) is 3.54. The van der Waals surface area contributed by atoms with Crippen molar-refractivity contribution in [3.63, 3.8) is 0 Å². The Morgan fingerprint density at radius 2 is 2.00 bits per heavy atom. The van der Waals surface area contributed by atoms with Gasteiger partial charge in [0, 0.05) is 0 Å². The average Bonchev–Trinajstić information content (AvgIpc) is 2.51. The molecular weight excluding hydrogens is 204 g/mol. The minimum absolute atomic E-state index is 0. The summed E-state index contributed by atoms with van der Waals surface area (Å²) in [7, 11) is 0. The lowest BCUT2D eigenvalue weighted by Gasteiger charge is -2.09. The summed E-state index contributed by atoms with van der Waals surface area (Å²) in [6.07, 6.45) is 4.73. The molecule has 1 fully saturated rings. The molecule has 82 valence electrons. The third-order valence-electron chi connectivity index (χ3n) is 2.29. The van der Waals surface area contributed by atoms with Gasteiger partial charge in [-0.25, -0.2) is 0 Å². The topological polar surface area (TPSA) is 76.2 Å². The summed E-state index contributed by atoms with van der Waals surface area (Å²) < 4.78 is 4.98. The molecular formula is C9H17ClN2O2. The lowest BCUT2D eigenvalue weighted by molar-refractivity contribution is -0.143. The predicted molar refractivity (Wildman–Crippen MR) is 56.7 cm³/mol. The number of carbonyl (C=O) groups is 1. The van der Waals surface area contributed by atoms with Gasteiger partial charge in [-0.2, -0.15) is 0 Å². The third-order valence-corrected chi connectivity index (χ3v) is 2.29. The Kier molecular flexibility index (Phi) is 6.28. The van der Waals surface area contributed by atoms with Gasteiger partial charge in [0.25, 0.3) is 0 Å². The largest absolute Gasteiger partial charge is 0.465 e. The molecule has 4 nitrogen and oxygen atoms in total. The molecule has 0 bridgehead atoms. The van der Waals surface area contributed by atoms with Gasteiger partial charge in [-0.05, 0) is 18.8 Å². The quantitative estimate of drug-likeness (QED) is 0.428. The second kappa shape index (κ2) is 6.65. The van der Waals surface area contributed by atoms with Gasteiger partial charge in [0.15, 0.2) is 0 Å². The van der Waals surface area contributed by atoms with E-state index in [1.807, 2.05) is 0 Å². The van der Waals surface area contributed by atoms with Crippen molar-refractivity contribution in [3.8, 4) is 0 Å². The number of hydrogen-bond acceptors (Lipinski definition) is 3. The van der Waals surface area contributed by atoms with Crippen LogP contribution in [-0.2, 0) is 9.53 Å². The molecule has 1 saturated carbocycles. The van der Waals surface area contributed by atoms with E-state index in [4.69, 9.17) is 15.9 Å². The Morgan fingerprint density at radius 1 is 1.43 bits per heavy atom. The van der Waals surface area contributed by atoms with Crippen molar-refractivity contribution in [2.75, 3.05) is 6.61 Å². The maximum absolute atomic E-state index is 11.0. The van der Waals surface area contributed by atoms with Gasteiger partial charge in [0.2, 0.25) is 0 Å². The molecule has 0 saturated heterocycles. The number of amidine groups is 1. The smallest absolute Gasteiger partial charge is 0.313 e. The van der Waals surface area contributed by atoms with Gasteiger partial charge in [-0.15, -0.1) is 12.4 Å². The highest BCUT2D eigenvalue weighted by atomic mass is 35.5. The van der Waals surface area contributed by atoms with Crippen molar-refractivity contribution in [3.05, 3.63) is 0 Å². The molecule has 5 heteroatoms. The van der Waals surface area contributed by atoms with Crippen molar-refractivity contribution in [2.45, 2.75) is 32.1 Å². The number of nitrogens with two attached hydrogens (primary N) is 1. The van der Waals surface area contributed by atoms with Gasteiger partial charge in [0.05, 0.1) is 6.61 Å². The van der Waals surface area contributed by atoms with Gasteiger partial charge >= 0.3 is 5.97 Å². The number of halogens is 1. The van der Waals surface area contributed by atoms with E-state index in [0.717, 1.165) is 12.8 Å². The standard InChI is InChI=1S/C9H16N2O2.ClH/c10-8(11)5-9(12)13-6-7-3-1-2-4-7;/h7H,1-6H2,(H3,10,11);1H. The predicted octanol–water partition coefficient (Wildman–Crippen LogP) is 1.47. The number of carbonyl (C=O) groups excluding carboxylic acids is 1. The number of nitrogens with one attached hydrogen (secondary N) is 1. The third kappa shape index (κ3) is 5.07. The van der Waals surface area contributed by atoms with Gasteiger partial charge < -0.3 is 10.5 Å². The molecule has 0 aliphatic heterocycles. The van der Waals surface area contributed by atoms with Crippen molar-refractivity contribution < 1.29 is 9.53 Å². The maximum atomic E-state index is 11.0. The van der Waals surface area contributed by atoms with Crippen LogP contribution in [0.1, 0.15) is 32.1 Å². The van der Waals surface area contributed by atoms with E-state index in [1.165, 1.54) is 12.8 Å². The molecule has 0 aromatic heterocycles. The van der Waals surface area contributed by atoms with E-state index in [0.29, 0.717) is 12.5 Å². The minimum atomic E-state index is -0.376. The summed E-state index contributed by atoms with van der Waals surface area (Å²) in [6, 6.07) is 0. The van der Waals surface area contributed by atoms with Crippen LogP contribution < -0.4 is 5.73 Å². The fourth-order valence-corrected chi connectivity index (χ4v) is 1.59. The Morgan fingerprint density at radius 3 is 2.50 bits per heavy atom. The van der Waals surface area contributed by atoms with Crippen LogP contribution in [0, 0.1) is 11.3 Å². The Bertz CT molecular complexity index is 203. The van der Waals surface area contributed by atoms with Crippen LogP contribution in [0.25, 0.3) is 0 Å². The van der Waals surface area contributed by atoms with Crippen molar-refractivity contribution in [1.29, 1.82) is 5.41 Å². The molecule has 0 radical (unpaired) electrons. The van der Waals surface area contributed by atoms with Gasteiger partial charge in [-0.3, -0.25) is 10.2 Å². The Labute approximate surface area is 90.1 Å². The van der Waals surface area contributed by atoms with Gasteiger partial charge in [-0.1, -0.05) is 12.8 Å². The summed E-state index contributed by atoms with van der Waals surface area (Å²) in [5, 5.41) is 6.89. The van der Waals surface area contributed by atoms with Crippen LogP contribution >= 0.6 is 12.4 Å². The second-order valence-corrected chi connectivity index (χ2v) is 3.54. The number of esters is 1. The molecule has 0 unspecified atom stereocenters. The number of ether oxygens (including phenoxy) is 1. The van der Waals surface area contributed by atoms with Gasteiger partial charge in [0.1, 0.15) is 12.3 Å². The molecule has 0 amide bonds. The molecule has 1 aliphatic rings. The first-order valence-corrected chi connectivity index (χ1v) is 4.67. The zero-order valence-corrected chi connectivity index (χ0v) is 8.94. The summed E-state index contributed by atoms with van der Waals surface area (Å²) in [4.78, 5) is 11.0. The maximum Gasteiger partial charge on any atom is 0.313 e. The fourth-order valence-electron chi connectivity index (χ4n) is 1.59. The lowest BCUT2D eigenvalue weighted by atomic mass is 10.1. The molecule has 3 N–H and O–H groups in total. The summed E-state index contributed by atoms with van der Waals surface area (Å²) in [5.41, 5.74) is 5.06. The number of rotatable bonds is 4. The van der Waals surface area contributed by atoms with E-state index in [1.54, 1.807) is 0 Å². The molecule has 0 heterocycles. The zero-order chi connectivity index (χ0) is 9.68. The zero-order valence-electron chi connectivity index (χ0n) is 8.12. The molecule has 0 atom stereocenters. The van der Waals surface area contributed by atoms with Crippen LogP contribution in [-0.4, -0.2) is 18.4 Å². The Balaban J connectivity index is 0.00000169. The average molecular weight is 221 g/mol. The number of hydrogen-bond donors (Lipinski definition) is 2. The van der Waals surface area contributed by atoms with Crippen LogP contribution in [0.2, 0.25) is 0 Å². The van der Waals surface area contributed by atoms with E-state index in [2.05, 4.69) is 0 Å². The van der Waals surface area contributed by atoms with E-state index in [-0.39, 0.29) is 30.6 Å². The summed E-state index contributed by atoms with van der Waals surface area (Å²) in [6.45, 7) is 0.506. The summed E-state index contributed by atoms with van der Waals surface area (Å²) in [5.74, 6) is 0.0340. The van der Waals surface area contributed by atoms with Crippen LogP contribution in [0.5, 0.6) is 0 Å². The van der Waals surface area contributed by atoms with E-state index < -0.39 is 0 Å². The normalized spacial score (nSPS) is 16.0. The molecule has 0 spiro atoms. The first-order chi connectivity index (χ1) is 6.18. The van der Waals surface area contributed by atoms with Crippen LogP contribution in [0.15, 0.2) is 0 Å². The molecule has 14 heavy (non-hydrogen) atoms. The van der Waals surface area contributed by atoms with E-state index >= 15 is 0 Å². The lowest BCUT2D eigenvalue weighted by Crippen LogP contribution is -2.19. The highest BCUT2D eigenvalue weighted by Gasteiger charge is 2.16.